The van der Waals surface area contributed by atoms with Gasteiger partial charge < -0.3 is 10.0 Å². The van der Waals surface area contributed by atoms with Crippen molar-refractivity contribution in [3.05, 3.63) is 58.7 Å². The Balaban J connectivity index is 1.95. The maximum absolute atomic E-state index is 13.8. The zero-order valence-corrected chi connectivity index (χ0v) is 12.5. The zero-order valence-electron chi connectivity index (χ0n) is 12.5. The van der Waals surface area contributed by atoms with Crippen molar-refractivity contribution in [2.75, 3.05) is 11.4 Å². The fourth-order valence-electron chi connectivity index (χ4n) is 2.93. The quantitative estimate of drug-likeness (QED) is 0.924. The molecule has 0 saturated heterocycles. The number of aromatic carboxylic acids is 1. The van der Waals surface area contributed by atoms with Crippen LogP contribution in [0.1, 0.15) is 40.1 Å². The molecule has 22 heavy (non-hydrogen) atoms. The lowest BCUT2D eigenvalue weighted by atomic mass is 9.94. The Labute approximate surface area is 128 Å². The van der Waals surface area contributed by atoms with Crippen molar-refractivity contribution in [2.45, 2.75) is 26.3 Å². The van der Waals surface area contributed by atoms with Gasteiger partial charge in [-0.1, -0.05) is 6.07 Å². The maximum atomic E-state index is 13.8. The number of nitrogens with zero attached hydrogens (tertiary/aromatic N) is 2. The van der Waals surface area contributed by atoms with E-state index in [-0.39, 0.29) is 17.6 Å². The van der Waals surface area contributed by atoms with E-state index in [0.29, 0.717) is 5.56 Å². The van der Waals surface area contributed by atoms with E-state index in [2.05, 4.69) is 9.88 Å². The molecule has 2 heterocycles. The molecule has 0 fully saturated rings. The Morgan fingerprint density at radius 2 is 2.18 bits per heavy atom. The van der Waals surface area contributed by atoms with E-state index in [1.54, 1.807) is 31.3 Å². The molecule has 1 aromatic carbocycles. The van der Waals surface area contributed by atoms with Crippen molar-refractivity contribution in [2.24, 2.45) is 0 Å². The number of carbonyl (C=O) groups is 1. The SMILES string of the molecule is Cc1ccc(N2CCc3cc(C(=O)O)ncc3[C@@H]2C)cc1F. The van der Waals surface area contributed by atoms with Gasteiger partial charge in [-0.15, -0.1) is 0 Å². The lowest BCUT2D eigenvalue weighted by Crippen LogP contribution is -2.34. The average molecular weight is 300 g/mol. The summed E-state index contributed by atoms with van der Waals surface area (Å²) in [4.78, 5) is 17.1. The molecule has 4 nitrogen and oxygen atoms in total. The summed E-state index contributed by atoms with van der Waals surface area (Å²) in [6.45, 7) is 4.49. The molecule has 1 aromatic heterocycles. The molecule has 5 heteroatoms. The molecule has 1 atom stereocenters. The van der Waals surface area contributed by atoms with Crippen LogP contribution in [0, 0.1) is 12.7 Å². The van der Waals surface area contributed by atoms with Crippen LogP contribution in [-0.4, -0.2) is 22.6 Å². The maximum Gasteiger partial charge on any atom is 0.354 e. The second-order valence-electron chi connectivity index (χ2n) is 5.63. The molecule has 114 valence electrons. The number of fused-ring (bicyclic) bond motifs is 1. The van der Waals surface area contributed by atoms with Gasteiger partial charge in [-0.2, -0.15) is 0 Å². The van der Waals surface area contributed by atoms with Crippen LogP contribution >= 0.6 is 0 Å². The second-order valence-corrected chi connectivity index (χ2v) is 5.63. The highest BCUT2D eigenvalue weighted by Crippen LogP contribution is 2.33. The van der Waals surface area contributed by atoms with Crippen LogP contribution in [0.2, 0.25) is 0 Å². The number of aromatic nitrogens is 1. The smallest absolute Gasteiger partial charge is 0.354 e. The van der Waals surface area contributed by atoms with Crippen molar-refractivity contribution >= 4 is 11.7 Å². The van der Waals surface area contributed by atoms with E-state index in [1.807, 2.05) is 13.0 Å². The normalized spacial score (nSPS) is 17.2. The third-order valence-corrected chi connectivity index (χ3v) is 4.27. The van der Waals surface area contributed by atoms with Crippen LogP contribution in [0.15, 0.2) is 30.5 Å². The third-order valence-electron chi connectivity index (χ3n) is 4.27. The highest BCUT2D eigenvalue weighted by atomic mass is 19.1. The Morgan fingerprint density at radius 1 is 1.41 bits per heavy atom. The standard InChI is InChI=1S/C17H17FN2O2/c1-10-3-4-13(8-15(10)18)20-6-5-12-7-16(17(21)22)19-9-14(12)11(20)2/h3-4,7-9,11H,5-6H2,1-2H3,(H,21,22)/t11-/m0/s1. The number of aryl methyl sites for hydroxylation is 1. The van der Waals surface area contributed by atoms with Gasteiger partial charge in [0.25, 0.3) is 0 Å². The van der Waals surface area contributed by atoms with Gasteiger partial charge >= 0.3 is 5.97 Å². The first-order valence-electron chi connectivity index (χ1n) is 7.22. The summed E-state index contributed by atoms with van der Waals surface area (Å²) in [5.41, 5.74) is 3.53. The highest BCUT2D eigenvalue weighted by molar-refractivity contribution is 5.85. The highest BCUT2D eigenvalue weighted by Gasteiger charge is 2.25. The Morgan fingerprint density at radius 3 is 2.86 bits per heavy atom. The van der Waals surface area contributed by atoms with Crippen LogP contribution < -0.4 is 4.90 Å². The van der Waals surface area contributed by atoms with E-state index in [4.69, 9.17) is 5.11 Å². The van der Waals surface area contributed by atoms with Crippen molar-refractivity contribution in [3.8, 4) is 0 Å². The summed E-state index contributed by atoms with van der Waals surface area (Å²) in [6, 6.07) is 6.91. The molecule has 0 radical (unpaired) electrons. The van der Waals surface area contributed by atoms with Crippen molar-refractivity contribution in [3.63, 3.8) is 0 Å². The number of hydrogen-bond donors (Lipinski definition) is 1. The molecule has 0 amide bonds. The first-order chi connectivity index (χ1) is 10.5. The number of halogens is 1. The average Bonchev–Trinajstić information content (AvgIpc) is 2.50. The summed E-state index contributed by atoms with van der Waals surface area (Å²) in [5.74, 6) is -1.23. The minimum absolute atomic E-state index is 0.0289. The predicted molar refractivity (Wildman–Crippen MR) is 81.8 cm³/mol. The summed E-state index contributed by atoms with van der Waals surface area (Å²) in [6.07, 6.45) is 2.35. The van der Waals surface area contributed by atoms with Gasteiger partial charge in [0.2, 0.25) is 0 Å². The molecule has 0 saturated carbocycles. The van der Waals surface area contributed by atoms with E-state index in [0.717, 1.165) is 29.8 Å². The van der Waals surface area contributed by atoms with Crippen molar-refractivity contribution in [1.82, 2.24) is 4.98 Å². The van der Waals surface area contributed by atoms with Crippen molar-refractivity contribution < 1.29 is 14.3 Å². The molecular formula is C17H17FN2O2. The van der Waals surface area contributed by atoms with Gasteiger partial charge in [0.1, 0.15) is 11.5 Å². The van der Waals surface area contributed by atoms with Gasteiger partial charge in [-0.3, -0.25) is 0 Å². The zero-order chi connectivity index (χ0) is 15.9. The first kappa shape index (κ1) is 14.5. The molecule has 0 unspecified atom stereocenters. The van der Waals surface area contributed by atoms with Crippen LogP contribution in [0.5, 0.6) is 0 Å². The summed E-state index contributed by atoms with van der Waals surface area (Å²) in [5, 5.41) is 9.02. The molecule has 3 rings (SSSR count). The molecule has 2 aromatic rings. The molecule has 0 spiro atoms. The predicted octanol–water partition coefficient (Wildman–Crippen LogP) is 3.35. The lowest BCUT2D eigenvalue weighted by molar-refractivity contribution is 0.0690. The number of benzene rings is 1. The van der Waals surface area contributed by atoms with Gasteiger partial charge in [-0.25, -0.2) is 14.2 Å². The van der Waals surface area contributed by atoms with E-state index < -0.39 is 5.97 Å². The topological polar surface area (TPSA) is 53.4 Å². The number of carboxylic acid groups (broad SMARTS) is 1. The largest absolute Gasteiger partial charge is 0.477 e. The number of hydrogen-bond acceptors (Lipinski definition) is 3. The second kappa shape index (κ2) is 5.40. The number of anilines is 1. The summed E-state index contributed by atoms with van der Waals surface area (Å²) >= 11 is 0. The molecule has 1 aliphatic heterocycles. The van der Waals surface area contributed by atoms with Gasteiger partial charge in [0.05, 0.1) is 6.04 Å². The monoisotopic (exact) mass is 300 g/mol. The van der Waals surface area contributed by atoms with E-state index in [1.165, 1.54) is 0 Å². The first-order valence-corrected chi connectivity index (χ1v) is 7.22. The lowest BCUT2D eigenvalue weighted by Gasteiger charge is -2.37. The number of pyridine rings is 1. The fourth-order valence-corrected chi connectivity index (χ4v) is 2.93. The minimum Gasteiger partial charge on any atom is -0.477 e. The fraction of sp³-hybridized carbons (Fsp3) is 0.294. The Hall–Kier alpha value is -2.43. The van der Waals surface area contributed by atoms with Gasteiger partial charge in [-0.05, 0) is 55.2 Å². The van der Waals surface area contributed by atoms with Crippen LogP contribution in [0.4, 0.5) is 10.1 Å². The summed E-state index contributed by atoms with van der Waals surface area (Å²) < 4.78 is 13.8. The van der Waals surface area contributed by atoms with E-state index in [9.17, 15) is 9.18 Å². The third kappa shape index (κ3) is 2.43. The van der Waals surface area contributed by atoms with Crippen LogP contribution in [0.3, 0.4) is 0 Å². The summed E-state index contributed by atoms with van der Waals surface area (Å²) in [7, 11) is 0. The van der Waals surface area contributed by atoms with Gasteiger partial charge in [0.15, 0.2) is 0 Å². The minimum atomic E-state index is -1.02. The number of rotatable bonds is 2. The van der Waals surface area contributed by atoms with E-state index >= 15 is 0 Å². The molecule has 1 aliphatic rings. The number of carboxylic acids is 1. The molecular weight excluding hydrogens is 283 g/mol. The molecule has 0 aliphatic carbocycles. The molecule has 0 bridgehead atoms. The molecule has 1 N–H and O–H groups in total. The Kier molecular flexibility index (Phi) is 3.56. The van der Waals surface area contributed by atoms with Crippen LogP contribution in [-0.2, 0) is 6.42 Å². The van der Waals surface area contributed by atoms with Crippen LogP contribution in [0.25, 0.3) is 0 Å². The van der Waals surface area contributed by atoms with Gasteiger partial charge in [0, 0.05) is 18.4 Å². The van der Waals surface area contributed by atoms with Crippen molar-refractivity contribution in [1.29, 1.82) is 0 Å². The Bertz CT molecular complexity index is 745.